The van der Waals surface area contributed by atoms with Crippen molar-refractivity contribution in [2.75, 3.05) is 13.2 Å². The number of hydrogen-bond donors (Lipinski definition) is 2. The maximum absolute atomic E-state index is 8.79. The van der Waals surface area contributed by atoms with Gasteiger partial charge < -0.3 is 14.9 Å². The van der Waals surface area contributed by atoms with Crippen LogP contribution in [0.1, 0.15) is 13.3 Å². The molecule has 1 aliphatic rings. The minimum Gasteiger partial charge on any atom is -0.396 e. The van der Waals surface area contributed by atoms with Gasteiger partial charge in [-0.25, -0.2) is 0 Å². The predicted molar refractivity (Wildman–Crippen MR) is 36.6 cm³/mol. The lowest BCUT2D eigenvalue weighted by Gasteiger charge is -2.12. The van der Waals surface area contributed by atoms with Crippen LogP contribution in [-0.2, 0) is 4.74 Å². The van der Waals surface area contributed by atoms with Gasteiger partial charge in [0.2, 0.25) is 0 Å². The molecule has 0 aliphatic carbocycles. The monoisotopic (exact) mass is 146 g/mol. The number of aliphatic hydroxyl groups excluding tert-OH is 2. The van der Waals surface area contributed by atoms with Crippen LogP contribution in [0.15, 0.2) is 0 Å². The molecule has 0 radical (unpaired) electrons. The molecular weight excluding hydrogens is 132 g/mol. The Morgan fingerprint density at radius 2 is 2.10 bits per heavy atom. The molecule has 0 aromatic rings. The van der Waals surface area contributed by atoms with Crippen LogP contribution in [0.2, 0.25) is 0 Å². The molecule has 0 bridgehead atoms. The van der Waals surface area contributed by atoms with Crippen molar-refractivity contribution in [3.63, 3.8) is 0 Å². The van der Waals surface area contributed by atoms with E-state index in [0.717, 1.165) is 6.42 Å². The van der Waals surface area contributed by atoms with Crippen LogP contribution in [0.4, 0.5) is 0 Å². The fraction of sp³-hybridized carbons (Fsp3) is 1.00. The zero-order valence-electron chi connectivity index (χ0n) is 6.16. The van der Waals surface area contributed by atoms with Crippen LogP contribution in [0.3, 0.4) is 0 Å². The van der Waals surface area contributed by atoms with Gasteiger partial charge in [0.05, 0.1) is 18.8 Å². The standard InChI is InChI=1S/C7H14O3/c1-5-2-6(3-8)7(4-9)10-5/h5-9H,2-4H2,1H3/t5-,6-,7+/m0/s1. The Hall–Kier alpha value is -0.120. The van der Waals surface area contributed by atoms with E-state index in [1.54, 1.807) is 0 Å². The van der Waals surface area contributed by atoms with Gasteiger partial charge in [-0.2, -0.15) is 0 Å². The van der Waals surface area contributed by atoms with Crippen molar-refractivity contribution in [3.05, 3.63) is 0 Å². The summed E-state index contributed by atoms with van der Waals surface area (Å²) in [4.78, 5) is 0. The first-order valence-corrected chi connectivity index (χ1v) is 3.65. The molecule has 0 aromatic heterocycles. The Kier molecular flexibility index (Phi) is 2.65. The first kappa shape index (κ1) is 7.98. The van der Waals surface area contributed by atoms with E-state index in [1.807, 2.05) is 6.92 Å². The Bertz CT molecular complexity index is 93.0. The largest absolute Gasteiger partial charge is 0.396 e. The minimum atomic E-state index is -0.139. The molecule has 3 nitrogen and oxygen atoms in total. The van der Waals surface area contributed by atoms with Gasteiger partial charge in [-0.3, -0.25) is 0 Å². The van der Waals surface area contributed by atoms with E-state index in [0.29, 0.717) is 0 Å². The molecule has 60 valence electrons. The summed E-state index contributed by atoms with van der Waals surface area (Å²) in [5, 5.41) is 17.5. The van der Waals surface area contributed by atoms with Crippen molar-refractivity contribution in [2.45, 2.75) is 25.6 Å². The van der Waals surface area contributed by atoms with E-state index in [-0.39, 0.29) is 31.3 Å². The fourth-order valence-corrected chi connectivity index (χ4v) is 1.43. The van der Waals surface area contributed by atoms with Crippen molar-refractivity contribution in [1.82, 2.24) is 0 Å². The third-order valence-electron chi connectivity index (χ3n) is 1.98. The van der Waals surface area contributed by atoms with Gasteiger partial charge in [-0.15, -0.1) is 0 Å². The topological polar surface area (TPSA) is 49.7 Å². The summed E-state index contributed by atoms with van der Waals surface area (Å²) in [6, 6.07) is 0. The summed E-state index contributed by atoms with van der Waals surface area (Å²) in [5.41, 5.74) is 0. The second kappa shape index (κ2) is 3.32. The molecule has 0 amide bonds. The summed E-state index contributed by atoms with van der Waals surface area (Å²) in [6.07, 6.45) is 0.913. The lowest BCUT2D eigenvalue weighted by molar-refractivity contribution is -0.00108. The summed E-state index contributed by atoms with van der Waals surface area (Å²) in [5.74, 6) is 0.139. The van der Waals surface area contributed by atoms with Crippen LogP contribution in [0.5, 0.6) is 0 Å². The number of ether oxygens (including phenoxy) is 1. The molecule has 3 atom stereocenters. The summed E-state index contributed by atoms with van der Waals surface area (Å²) in [6.45, 7) is 2.10. The van der Waals surface area contributed by atoms with Gasteiger partial charge in [0.1, 0.15) is 0 Å². The van der Waals surface area contributed by atoms with Crippen molar-refractivity contribution in [2.24, 2.45) is 5.92 Å². The SMILES string of the molecule is C[C@H]1C[C@@H](CO)[C@@H](CO)O1. The van der Waals surface area contributed by atoms with E-state index in [4.69, 9.17) is 14.9 Å². The van der Waals surface area contributed by atoms with Gasteiger partial charge in [0.25, 0.3) is 0 Å². The lowest BCUT2D eigenvalue weighted by Crippen LogP contribution is -2.22. The molecule has 1 fully saturated rings. The molecule has 1 heterocycles. The highest BCUT2D eigenvalue weighted by Gasteiger charge is 2.31. The highest BCUT2D eigenvalue weighted by atomic mass is 16.5. The molecule has 1 saturated heterocycles. The smallest absolute Gasteiger partial charge is 0.0860 e. The zero-order valence-corrected chi connectivity index (χ0v) is 6.16. The minimum absolute atomic E-state index is 0.0234. The van der Waals surface area contributed by atoms with Crippen LogP contribution in [0.25, 0.3) is 0 Å². The first-order valence-electron chi connectivity index (χ1n) is 3.65. The maximum Gasteiger partial charge on any atom is 0.0860 e. The van der Waals surface area contributed by atoms with Crippen molar-refractivity contribution >= 4 is 0 Å². The third kappa shape index (κ3) is 1.48. The Balaban J connectivity index is 2.41. The average molecular weight is 146 g/mol. The van der Waals surface area contributed by atoms with Gasteiger partial charge in [-0.05, 0) is 13.3 Å². The number of rotatable bonds is 2. The van der Waals surface area contributed by atoms with Crippen LogP contribution in [0, 0.1) is 5.92 Å². The third-order valence-corrected chi connectivity index (χ3v) is 1.98. The first-order chi connectivity index (χ1) is 4.77. The fourth-order valence-electron chi connectivity index (χ4n) is 1.43. The van der Waals surface area contributed by atoms with E-state index < -0.39 is 0 Å². The van der Waals surface area contributed by atoms with E-state index in [9.17, 15) is 0 Å². The quantitative estimate of drug-likeness (QED) is 0.565. The molecule has 1 rings (SSSR count). The molecule has 2 N–H and O–H groups in total. The molecule has 1 aliphatic heterocycles. The second-order valence-corrected chi connectivity index (χ2v) is 2.85. The molecule has 0 saturated carbocycles. The van der Waals surface area contributed by atoms with Crippen LogP contribution in [-0.4, -0.2) is 35.6 Å². The van der Waals surface area contributed by atoms with Crippen LogP contribution < -0.4 is 0 Å². The van der Waals surface area contributed by atoms with Gasteiger partial charge in [0, 0.05) is 12.5 Å². The molecule has 3 heteroatoms. The molecular formula is C7H14O3. The Morgan fingerprint density at radius 1 is 1.40 bits per heavy atom. The van der Waals surface area contributed by atoms with Crippen molar-refractivity contribution in [1.29, 1.82) is 0 Å². The van der Waals surface area contributed by atoms with Gasteiger partial charge in [-0.1, -0.05) is 0 Å². The molecule has 10 heavy (non-hydrogen) atoms. The maximum atomic E-state index is 8.79. The highest BCUT2D eigenvalue weighted by Crippen LogP contribution is 2.25. The molecule has 0 unspecified atom stereocenters. The molecule has 0 aromatic carbocycles. The van der Waals surface area contributed by atoms with Gasteiger partial charge >= 0.3 is 0 Å². The van der Waals surface area contributed by atoms with E-state index in [1.165, 1.54) is 0 Å². The summed E-state index contributed by atoms with van der Waals surface area (Å²) < 4.78 is 5.30. The average Bonchev–Trinajstić information content (AvgIpc) is 2.30. The van der Waals surface area contributed by atoms with E-state index in [2.05, 4.69) is 0 Å². The van der Waals surface area contributed by atoms with Crippen molar-refractivity contribution in [3.8, 4) is 0 Å². The normalized spacial score (nSPS) is 40.5. The highest BCUT2D eigenvalue weighted by molar-refractivity contribution is 4.78. The Labute approximate surface area is 60.6 Å². The van der Waals surface area contributed by atoms with Gasteiger partial charge in [0.15, 0.2) is 0 Å². The number of aliphatic hydroxyl groups is 2. The number of hydrogen-bond acceptors (Lipinski definition) is 3. The second-order valence-electron chi connectivity index (χ2n) is 2.85. The summed E-state index contributed by atoms with van der Waals surface area (Å²) >= 11 is 0. The predicted octanol–water partition coefficient (Wildman–Crippen LogP) is -0.235. The summed E-state index contributed by atoms with van der Waals surface area (Å²) in [7, 11) is 0. The van der Waals surface area contributed by atoms with Crippen LogP contribution >= 0.6 is 0 Å². The lowest BCUT2D eigenvalue weighted by atomic mass is 10.0. The van der Waals surface area contributed by atoms with Crippen molar-refractivity contribution < 1.29 is 14.9 Å². The van der Waals surface area contributed by atoms with E-state index >= 15 is 0 Å². The Morgan fingerprint density at radius 3 is 2.50 bits per heavy atom. The molecule has 0 spiro atoms. The zero-order chi connectivity index (χ0) is 7.56.